The van der Waals surface area contributed by atoms with Crippen LogP contribution in [0, 0.1) is 5.82 Å². The van der Waals surface area contributed by atoms with Crippen LogP contribution in [0.4, 0.5) is 10.1 Å². The summed E-state index contributed by atoms with van der Waals surface area (Å²) in [5, 5.41) is 8.77. The number of rotatable bonds is 9. The first-order valence-electron chi connectivity index (χ1n) is 9.01. The summed E-state index contributed by atoms with van der Waals surface area (Å²) in [6.45, 7) is 7.08. The topological polar surface area (TPSA) is 74.8 Å². The van der Waals surface area contributed by atoms with E-state index in [4.69, 9.17) is 4.74 Å². The Labute approximate surface area is 187 Å². The lowest BCUT2D eigenvalue weighted by atomic mass is 10.2. The first-order valence-corrected chi connectivity index (χ1v) is 9.01. The molecule has 156 valence electrons. The van der Waals surface area contributed by atoms with Gasteiger partial charge in [-0.05, 0) is 37.3 Å². The largest absolute Gasteiger partial charge is 0.489 e. The van der Waals surface area contributed by atoms with Gasteiger partial charge in [0.25, 0.3) is 0 Å². The summed E-state index contributed by atoms with van der Waals surface area (Å²) in [5.41, 5.74) is 1.46. The molecule has 0 heterocycles. The predicted octanol–water partition coefficient (Wildman–Crippen LogP) is 3.70. The van der Waals surface area contributed by atoms with Gasteiger partial charge in [0.1, 0.15) is 18.2 Å². The average molecular weight is 512 g/mol. The molecule has 2 aromatic rings. The molecule has 0 aliphatic carbocycles. The number of amides is 1. The van der Waals surface area contributed by atoms with Gasteiger partial charge in [0.05, 0.1) is 13.1 Å². The Hall–Kier alpha value is -2.62. The lowest BCUT2D eigenvalue weighted by molar-refractivity contribution is -0.115. The average Bonchev–Trinajstić information content (AvgIpc) is 2.71. The Kier molecular flexibility index (Phi) is 11.4. The maximum Gasteiger partial charge on any atom is 0.243 e. The number of hydrogen-bond acceptors (Lipinski definition) is 3. The van der Waals surface area contributed by atoms with Gasteiger partial charge >= 0.3 is 0 Å². The third-order valence-corrected chi connectivity index (χ3v) is 3.63. The molecule has 0 aliphatic heterocycles. The highest BCUT2D eigenvalue weighted by Gasteiger charge is 2.06. The van der Waals surface area contributed by atoms with Crippen molar-refractivity contribution in [1.82, 2.24) is 10.6 Å². The highest BCUT2D eigenvalue weighted by Crippen LogP contribution is 2.18. The molecule has 0 aromatic heterocycles. The third kappa shape index (κ3) is 8.95. The van der Waals surface area contributed by atoms with Crippen molar-refractivity contribution < 1.29 is 13.9 Å². The molecule has 0 saturated heterocycles. The van der Waals surface area contributed by atoms with E-state index < -0.39 is 0 Å². The van der Waals surface area contributed by atoms with E-state index >= 15 is 0 Å². The lowest BCUT2D eigenvalue weighted by Gasteiger charge is -2.13. The van der Waals surface area contributed by atoms with Crippen LogP contribution in [0.2, 0.25) is 0 Å². The molecule has 0 saturated carbocycles. The quantitative estimate of drug-likeness (QED) is 0.207. The van der Waals surface area contributed by atoms with E-state index in [1.807, 2.05) is 31.2 Å². The Balaban J connectivity index is 0.00000420. The summed E-state index contributed by atoms with van der Waals surface area (Å²) in [6, 6.07) is 13.2. The van der Waals surface area contributed by atoms with Gasteiger partial charge < -0.3 is 20.7 Å². The Morgan fingerprint density at radius 3 is 2.59 bits per heavy atom. The van der Waals surface area contributed by atoms with E-state index in [0.29, 0.717) is 31.3 Å². The van der Waals surface area contributed by atoms with Crippen molar-refractivity contribution in [2.75, 3.05) is 25.0 Å². The molecule has 2 rings (SSSR count). The highest BCUT2D eigenvalue weighted by atomic mass is 127. The van der Waals surface area contributed by atoms with Crippen LogP contribution >= 0.6 is 24.0 Å². The summed E-state index contributed by atoms with van der Waals surface area (Å²) in [6.07, 6.45) is 1.69. The molecule has 0 radical (unpaired) electrons. The van der Waals surface area contributed by atoms with Gasteiger partial charge in [-0.15, -0.1) is 24.0 Å². The number of guanidine groups is 1. The van der Waals surface area contributed by atoms with Crippen molar-refractivity contribution in [3.63, 3.8) is 0 Å². The van der Waals surface area contributed by atoms with Gasteiger partial charge in [0, 0.05) is 17.8 Å². The second-order valence-corrected chi connectivity index (χ2v) is 5.81. The standard InChI is InChI=1S/C21H25FN4O2.HI/c1-3-13-28-19-8-6-5-7-16(19)14-24-21(23-4-2)25-15-20(27)26-18-11-9-17(22)10-12-18;/h3,5-12H,1,4,13-15H2,2H3,(H,26,27)(H2,23,24,25);1H. The van der Waals surface area contributed by atoms with Crippen LogP contribution in [0.1, 0.15) is 12.5 Å². The second kappa shape index (κ2) is 13.5. The lowest BCUT2D eigenvalue weighted by Crippen LogP contribution is -2.41. The molecule has 0 spiro atoms. The fourth-order valence-corrected chi connectivity index (χ4v) is 2.33. The van der Waals surface area contributed by atoms with Gasteiger partial charge in [-0.1, -0.05) is 30.9 Å². The molecule has 0 unspecified atom stereocenters. The molecule has 0 bridgehead atoms. The van der Waals surface area contributed by atoms with Crippen LogP contribution in [0.25, 0.3) is 0 Å². The normalized spacial score (nSPS) is 10.5. The molecule has 6 nitrogen and oxygen atoms in total. The first kappa shape index (κ1) is 24.4. The van der Waals surface area contributed by atoms with Crippen LogP contribution in [0.15, 0.2) is 66.2 Å². The second-order valence-electron chi connectivity index (χ2n) is 5.81. The fourth-order valence-electron chi connectivity index (χ4n) is 2.33. The summed E-state index contributed by atoms with van der Waals surface area (Å²) < 4.78 is 18.6. The van der Waals surface area contributed by atoms with Gasteiger partial charge in [-0.3, -0.25) is 4.79 Å². The van der Waals surface area contributed by atoms with Crippen molar-refractivity contribution in [3.05, 3.63) is 72.6 Å². The van der Waals surface area contributed by atoms with Crippen molar-refractivity contribution in [2.24, 2.45) is 4.99 Å². The van der Waals surface area contributed by atoms with Crippen molar-refractivity contribution >= 4 is 41.5 Å². The Bertz CT molecular complexity index is 813. The summed E-state index contributed by atoms with van der Waals surface area (Å²) >= 11 is 0. The van der Waals surface area contributed by atoms with Gasteiger partial charge in [-0.25, -0.2) is 9.38 Å². The van der Waals surface area contributed by atoms with Crippen molar-refractivity contribution in [3.8, 4) is 5.75 Å². The number of carbonyl (C=O) groups excluding carboxylic acids is 1. The maximum atomic E-state index is 12.9. The van der Waals surface area contributed by atoms with Crippen LogP contribution in [0.5, 0.6) is 5.75 Å². The fraction of sp³-hybridized carbons (Fsp3) is 0.238. The van der Waals surface area contributed by atoms with Crippen LogP contribution in [0.3, 0.4) is 0 Å². The van der Waals surface area contributed by atoms with E-state index in [2.05, 4.69) is 27.5 Å². The van der Waals surface area contributed by atoms with Crippen LogP contribution in [-0.2, 0) is 11.3 Å². The Morgan fingerprint density at radius 1 is 1.17 bits per heavy atom. The summed E-state index contributed by atoms with van der Waals surface area (Å²) in [7, 11) is 0. The molecular formula is C21H26FIN4O2. The minimum Gasteiger partial charge on any atom is -0.489 e. The number of halogens is 2. The number of para-hydroxylation sites is 1. The number of nitrogens with one attached hydrogen (secondary N) is 3. The molecule has 0 aliphatic rings. The number of nitrogens with zero attached hydrogens (tertiary/aromatic N) is 1. The zero-order chi connectivity index (χ0) is 20.2. The third-order valence-electron chi connectivity index (χ3n) is 3.63. The first-order chi connectivity index (χ1) is 13.6. The zero-order valence-corrected chi connectivity index (χ0v) is 18.6. The van der Waals surface area contributed by atoms with E-state index in [0.717, 1.165) is 11.3 Å². The molecule has 0 atom stereocenters. The molecule has 29 heavy (non-hydrogen) atoms. The van der Waals surface area contributed by atoms with Crippen molar-refractivity contribution in [2.45, 2.75) is 13.5 Å². The molecule has 1 amide bonds. The smallest absolute Gasteiger partial charge is 0.243 e. The van der Waals surface area contributed by atoms with Gasteiger partial charge in [-0.2, -0.15) is 0 Å². The molecule has 3 N–H and O–H groups in total. The molecule has 8 heteroatoms. The minimum absolute atomic E-state index is 0. The molecule has 0 fully saturated rings. The highest BCUT2D eigenvalue weighted by molar-refractivity contribution is 14.0. The number of carbonyl (C=O) groups is 1. The van der Waals surface area contributed by atoms with E-state index in [1.165, 1.54) is 24.3 Å². The number of ether oxygens (including phenoxy) is 1. The van der Waals surface area contributed by atoms with E-state index in [9.17, 15) is 9.18 Å². The maximum absolute atomic E-state index is 12.9. The minimum atomic E-state index is -0.352. The van der Waals surface area contributed by atoms with Crippen molar-refractivity contribution in [1.29, 1.82) is 0 Å². The summed E-state index contributed by atoms with van der Waals surface area (Å²) in [5.74, 6) is 0.647. The Morgan fingerprint density at radius 2 is 1.90 bits per heavy atom. The molecular weight excluding hydrogens is 486 g/mol. The van der Waals surface area contributed by atoms with Crippen LogP contribution in [-0.4, -0.2) is 31.6 Å². The summed E-state index contributed by atoms with van der Waals surface area (Å²) in [4.78, 5) is 16.6. The predicted molar refractivity (Wildman–Crippen MR) is 125 cm³/mol. The number of hydrogen-bond donors (Lipinski definition) is 3. The molecule has 2 aromatic carbocycles. The SMILES string of the molecule is C=CCOc1ccccc1CN=C(NCC)NCC(=O)Nc1ccc(F)cc1.I. The monoisotopic (exact) mass is 512 g/mol. The number of anilines is 1. The van der Waals surface area contributed by atoms with E-state index in [1.54, 1.807) is 6.08 Å². The zero-order valence-electron chi connectivity index (χ0n) is 16.3. The van der Waals surface area contributed by atoms with Crippen LogP contribution < -0.4 is 20.7 Å². The van der Waals surface area contributed by atoms with Gasteiger partial charge in [0.2, 0.25) is 5.91 Å². The number of benzene rings is 2. The van der Waals surface area contributed by atoms with E-state index in [-0.39, 0.29) is 42.2 Å². The van der Waals surface area contributed by atoms with Gasteiger partial charge in [0.15, 0.2) is 5.96 Å². The number of aliphatic imine (C=N–C) groups is 1.